The summed E-state index contributed by atoms with van der Waals surface area (Å²) in [5, 5.41) is 4.31. The molecule has 2 aromatic carbocycles. The van der Waals surface area contributed by atoms with E-state index in [1.54, 1.807) is 0 Å². The lowest BCUT2D eigenvalue weighted by molar-refractivity contribution is 0.125. The van der Waals surface area contributed by atoms with E-state index in [0.29, 0.717) is 11.8 Å². The molecule has 5 nitrogen and oxygen atoms in total. The van der Waals surface area contributed by atoms with Crippen LogP contribution >= 0.6 is 0 Å². The van der Waals surface area contributed by atoms with E-state index in [1.807, 2.05) is 0 Å². The number of rotatable bonds is 9. The monoisotopic (exact) mass is 484 g/mol. The zero-order valence-electron chi connectivity index (χ0n) is 21.9. The normalized spacial score (nSPS) is 18.0. The summed E-state index contributed by atoms with van der Waals surface area (Å²) in [7, 11) is 0. The zero-order valence-corrected chi connectivity index (χ0v) is 21.9. The molecule has 0 saturated carbocycles. The van der Waals surface area contributed by atoms with Crippen molar-refractivity contribution in [3.63, 3.8) is 0 Å². The van der Waals surface area contributed by atoms with Gasteiger partial charge in [-0.2, -0.15) is 4.98 Å². The average Bonchev–Trinajstić information content (AvgIpc) is 3.40. The Bertz CT molecular complexity index is 1110. The molecule has 1 fully saturated rings. The van der Waals surface area contributed by atoms with E-state index in [9.17, 15) is 0 Å². The molecule has 190 valence electrons. The minimum atomic E-state index is 0.638. The largest absolute Gasteiger partial charge is 0.334 e. The van der Waals surface area contributed by atoms with Gasteiger partial charge in [-0.15, -0.1) is 0 Å². The fourth-order valence-corrected chi connectivity index (χ4v) is 5.82. The highest BCUT2D eigenvalue weighted by Gasteiger charge is 2.24. The molecule has 1 aromatic heterocycles. The van der Waals surface area contributed by atoms with Crippen LogP contribution in [0.2, 0.25) is 0 Å². The molecular formula is C31H40N4O. The van der Waals surface area contributed by atoms with Crippen molar-refractivity contribution in [1.29, 1.82) is 0 Å². The van der Waals surface area contributed by atoms with E-state index in [1.165, 1.54) is 55.5 Å². The molecule has 0 bridgehead atoms. The molecule has 5 rings (SSSR count). The number of likely N-dealkylation sites (tertiary alicyclic amines) is 1. The van der Waals surface area contributed by atoms with Gasteiger partial charge < -0.3 is 9.42 Å². The van der Waals surface area contributed by atoms with E-state index in [4.69, 9.17) is 9.51 Å². The van der Waals surface area contributed by atoms with Crippen LogP contribution in [0.4, 0.5) is 0 Å². The van der Waals surface area contributed by atoms with Gasteiger partial charge in [-0.1, -0.05) is 67.5 Å². The number of benzene rings is 2. The molecule has 0 unspecified atom stereocenters. The van der Waals surface area contributed by atoms with Crippen molar-refractivity contribution in [3.05, 3.63) is 77.6 Å². The van der Waals surface area contributed by atoms with Crippen LogP contribution in [0.25, 0.3) is 17.0 Å². The van der Waals surface area contributed by atoms with Gasteiger partial charge in [0.05, 0.1) is 0 Å². The van der Waals surface area contributed by atoms with Crippen LogP contribution in [0.5, 0.6) is 0 Å². The second-order valence-electron chi connectivity index (χ2n) is 10.4. The van der Waals surface area contributed by atoms with Crippen LogP contribution < -0.4 is 0 Å². The molecule has 0 N–H and O–H groups in total. The van der Waals surface area contributed by atoms with Crippen LogP contribution in [0.15, 0.2) is 65.2 Å². The van der Waals surface area contributed by atoms with Gasteiger partial charge in [0.25, 0.3) is 5.89 Å². The van der Waals surface area contributed by atoms with Crippen LogP contribution in [0, 0.1) is 5.92 Å². The molecule has 36 heavy (non-hydrogen) atoms. The molecule has 2 aliphatic heterocycles. The Morgan fingerprint density at radius 2 is 1.67 bits per heavy atom. The van der Waals surface area contributed by atoms with Crippen molar-refractivity contribution in [2.45, 2.75) is 65.0 Å². The van der Waals surface area contributed by atoms with Gasteiger partial charge in [0.15, 0.2) is 5.82 Å². The first-order valence-electron chi connectivity index (χ1n) is 13.8. The number of hydrogen-bond donors (Lipinski definition) is 0. The molecule has 0 amide bonds. The Hall–Kier alpha value is -2.76. The van der Waals surface area contributed by atoms with Crippen molar-refractivity contribution in [3.8, 4) is 11.5 Å². The maximum absolute atomic E-state index is 5.64. The Kier molecular flexibility index (Phi) is 8.29. The van der Waals surface area contributed by atoms with Crippen LogP contribution in [-0.2, 0) is 13.0 Å². The Balaban J connectivity index is 1.11. The summed E-state index contributed by atoms with van der Waals surface area (Å²) in [6.45, 7) is 10.1. The first kappa shape index (κ1) is 24.9. The van der Waals surface area contributed by atoms with Crippen molar-refractivity contribution in [2.75, 3.05) is 26.2 Å². The van der Waals surface area contributed by atoms with Gasteiger partial charge >= 0.3 is 0 Å². The fraction of sp³-hybridized carbons (Fsp3) is 0.484. The maximum atomic E-state index is 5.64. The summed E-state index contributed by atoms with van der Waals surface area (Å²) in [5.74, 6) is 2.15. The van der Waals surface area contributed by atoms with Gasteiger partial charge in [-0.05, 0) is 79.9 Å². The standard InChI is InChI=1S/C31H40N4O/c1-3-29(4-2)35-20-14-24(15-21-35)22-30-32-31(36-33-30)28-12-10-25(11-13-28)23-34-18-16-27(17-19-34)26-8-6-5-7-9-26/h5-13,16,24,29H,3-4,14-15,17-23H2,1-2H3. The number of nitrogens with zero attached hydrogens (tertiary/aromatic N) is 4. The molecule has 0 atom stereocenters. The minimum absolute atomic E-state index is 0.638. The maximum Gasteiger partial charge on any atom is 0.257 e. The van der Waals surface area contributed by atoms with E-state index in [2.05, 4.69) is 89.5 Å². The van der Waals surface area contributed by atoms with Crippen LogP contribution in [0.3, 0.4) is 0 Å². The highest BCUT2D eigenvalue weighted by molar-refractivity contribution is 5.66. The fourth-order valence-electron chi connectivity index (χ4n) is 5.82. The van der Waals surface area contributed by atoms with Crippen molar-refractivity contribution in [1.82, 2.24) is 19.9 Å². The number of aromatic nitrogens is 2. The SMILES string of the molecule is CCC(CC)N1CCC(Cc2noc(-c3ccc(CN4CC=C(c5ccccc5)CC4)cc3)n2)CC1. The summed E-state index contributed by atoms with van der Waals surface area (Å²) < 4.78 is 5.64. The third-order valence-electron chi connectivity index (χ3n) is 8.09. The first-order chi connectivity index (χ1) is 17.7. The first-order valence-corrected chi connectivity index (χ1v) is 13.8. The smallest absolute Gasteiger partial charge is 0.257 e. The summed E-state index contributed by atoms with van der Waals surface area (Å²) in [6, 6.07) is 20.1. The van der Waals surface area contributed by atoms with Gasteiger partial charge in [0, 0.05) is 37.7 Å². The lowest BCUT2D eigenvalue weighted by Gasteiger charge is -2.36. The molecule has 3 heterocycles. The lowest BCUT2D eigenvalue weighted by atomic mass is 9.92. The zero-order chi connectivity index (χ0) is 24.7. The minimum Gasteiger partial charge on any atom is -0.334 e. The molecule has 5 heteroatoms. The van der Waals surface area contributed by atoms with Gasteiger partial charge in [0.1, 0.15) is 0 Å². The number of piperidine rings is 1. The molecule has 2 aliphatic rings. The quantitative estimate of drug-likeness (QED) is 0.348. The third-order valence-corrected chi connectivity index (χ3v) is 8.09. The highest BCUT2D eigenvalue weighted by atomic mass is 16.5. The van der Waals surface area contributed by atoms with Gasteiger partial charge in [-0.3, -0.25) is 4.90 Å². The lowest BCUT2D eigenvalue weighted by Crippen LogP contribution is -2.41. The molecule has 3 aromatic rings. The summed E-state index contributed by atoms with van der Waals surface area (Å²) in [4.78, 5) is 9.90. The van der Waals surface area contributed by atoms with E-state index >= 15 is 0 Å². The Morgan fingerprint density at radius 3 is 2.33 bits per heavy atom. The third kappa shape index (κ3) is 6.13. The molecular weight excluding hydrogens is 444 g/mol. The van der Waals surface area contributed by atoms with Gasteiger partial charge in [-0.25, -0.2) is 0 Å². The van der Waals surface area contributed by atoms with E-state index in [-0.39, 0.29) is 0 Å². The Morgan fingerprint density at radius 1 is 0.917 bits per heavy atom. The summed E-state index contributed by atoms with van der Waals surface area (Å²) in [6.07, 6.45) is 9.36. The van der Waals surface area contributed by atoms with Gasteiger partial charge in [0.2, 0.25) is 0 Å². The molecule has 0 spiro atoms. The second-order valence-corrected chi connectivity index (χ2v) is 10.4. The summed E-state index contributed by atoms with van der Waals surface area (Å²) in [5.41, 5.74) is 5.14. The predicted octanol–water partition coefficient (Wildman–Crippen LogP) is 6.47. The summed E-state index contributed by atoms with van der Waals surface area (Å²) >= 11 is 0. The van der Waals surface area contributed by atoms with E-state index < -0.39 is 0 Å². The van der Waals surface area contributed by atoms with Crippen LogP contribution in [-0.4, -0.2) is 52.2 Å². The predicted molar refractivity (Wildman–Crippen MR) is 146 cm³/mol. The van der Waals surface area contributed by atoms with E-state index in [0.717, 1.165) is 49.9 Å². The van der Waals surface area contributed by atoms with Crippen molar-refractivity contribution in [2.24, 2.45) is 5.92 Å². The average molecular weight is 485 g/mol. The van der Waals surface area contributed by atoms with Crippen LogP contribution in [0.1, 0.15) is 62.9 Å². The van der Waals surface area contributed by atoms with Crippen molar-refractivity contribution >= 4 is 5.57 Å². The molecule has 0 radical (unpaired) electrons. The topological polar surface area (TPSA) is 45.4 Å². The van der Waals surface area contributed by atoms with Crippen molar-refractivity contribution < 1.29 is 4.52 Å². The second kappa shape index (κ2) is 12.0. The highest BCUT2D eigenvalue weighted by Crippen LogP contribution is 2.26. The Labute approximate surface area is 216 Å². The molecule has 1 saturated heterocycles. The number of hydrogen-bond acceptors (Lipinski definition) is 5. The molecule has 0 aliphatic carbocycles.